The van der Waals surface area contributed by atoms with Gasteiger partial charge in [0.25, 0.3) is 0 Å². The Kier molecular flexibility index (Phi) is 6.50. The number of fused-ring (bicyclic) bond motifs is 14. The van der Waals surface area contributed by atoms with Gasteiger partial charge in [-0.05, 0) is 87.3 Å². The Morgan fingerprint density at radius 3 is 2.11 bits per heavy atom. The molecule has 12 aromatic rings. The van der Waals surface area contributed by atoms with Crippen molar-refractivity contribution in [3.63, 3.8) is 0 Å². The summed E-state index contributed by atoms with van der Waals surface area (Å²) in [5.74, 6) is 0.857. The molecule has 57 heavy (non-hydrogen) atoms. The molecule has 4 heterocycles. The van der Waals surface area contributed by atoms with Crippen molar-refractivity contribution >= 4 is 80.5 Å². The Balaban J connectivity index is 1.15. The van der Waals surface area contributed by atoms with Crippen molar-refractivity contribution in [1.29, 1.82) is 0 Å². The van der Waals surface area contributed by atoms with E-state index in [0.29, 0.717) is 0 Å². The molecule has 0 amide bonds. The van der Waals surface area contributed by atoms with Crippen LogP contribution in [0.25, 0.3) is 103 Å². The molecule has 0 saturated carbocycles. The van der Waals surface area contributed by atoms with Gasteiger partial charge in [0.05, 0.1) is 32.5 Å². The Labute approximate surface area is 332 Å². The van der Waals surface area contributed by atoms with E-state index in [1.165, 1.54) is 92.3 Å². The average molecular weight is 744 g/mol. The Morgan fingerprint density at radius 1 is 0.526 bits per heavy atom. The smallest absolute Gasteiger partial charge is 0.137 e. The third-order valence-electron chi connectivity index (χ3n) is 12.5. The van der Waals surface area contributed by atoms with Crippen LogP contribution in [0.1, 0.15) is 29.3 Å². The summed E-state index contributed by atoms with van der Waals surface area (Å²) in [4.78, 5) is 11.4. The minimum Gasteiger partial charge on any atom is -0.308 e. The molecule has 0 saturated heterocycles. The van der Waals surface area contributed by atoms with Crippen LogP contribution in [-0.2, 0) is 6.42 Å². The first-order valence-corrected chi connectivity index (χ1v) is 20.7. The van der Waals surface area contributed by atoms with Crippen molar-refractivity contribution < 1.29 is 0 Å². The van der Waals surface area contributed by atoms with E-state index in [4.69, 9.17) is 9.97 Å². The monoisotopic (exact) mass is 743 g/mol. The molecule has 3 nitrogen and oxygen atoms in total. The Bertz CT molecular complexity index is 3580. The summed E-state index contributed by atoms with van der Waals surface area (Å²) in [5.41, 5.74) is 14.7. The van der Waals surface area contributed by atoms with Crippen LogP contribution in [-0.4, -0.2) is 14.4 Å². The lowest BCUT2D eigenvalue weighted by atomic mass is 9.85. The molecule has 8 aromatic carbocycles. The van der Waals surface area contributed by atoms with Crippen LogP contribution in [0.4, 0.5) is 0 Å². The molecular weight excluding hydrogens is 711 g/mol. The lowest BCUT2D eigenvalue weighted by Gasteiger charge is -2.20. The second-order valence-electron chi connectivity index (χ2n) is 15.6. The van der Waals surface area contributed by atoms with Crippen molar-refractivity contribution in [3.8, 4) is 33.5 Å². The first-order chi connectivity index (χ1) is 28.3. The van der Waals surface area contributed by atoms with E-state index in [2.05, 4.69) is 174 Å². The minimum absolute atomic E-state index is 0.0407. The van der Waals surface area contributed by atoms with Gasteiger partial charge in [0, 0.05) is 43.1 Å². The van der Waals surface area contributed by atoms with Crippen molar-refractivity contribution in [3.05, 3.63) is 187 Å². The SMILES string of the molecule is c1ccc(-c2ccc(-c3nc(C4CCc5ccccc5-c5cc6c7ccccc7n7c8cc9ccccc9cc8c(c54)c67)nc4c3sc3ccccc34)cc2)cc1. The molecule has 0 fully saturated rings. The number of aromatic nitrogens is 3. The number of rotatable bonds is 3. The highest BCUT2D eigenvalue weighted by atomic mass is 32.1. The van der Waals surface area contributed by atoms with Crippen LogP contribution < -0.4 is 0 Å². The van der Waals surface area contributed by atoms with E-state index in [1.54, 1.807) is 11.3 Å². The maximum Gasteiger partial charge on any atom is 0.137 e. The second-order valence-corrected chi connectivity index (χ2v) is 16.6. The second kappa shape index (κ2) is 11.8. The first-order valence-electron chi connectivity index (χ1n) is 19.8. The zero-order chi connectivity index (χ0) is 37.2. The molecular formula is C53H33N3S. The minimum atomic E-state index is -0.0407. The topological polar surface area (TPSA) is 30.2 Å². The summed E-state index contributed by atoms with van der Waals surface area (Å²) in [5, 5.41) is 8.91. The zero-order valence-electron chi connectivity index (χ0n) is 30.9. The fourth-order valence-electron chi connectivity index (χ4n) is 9.98. The lowest BCUT2D eigenvalue weighted by Crippen LogP contribution is -2.09. The molecule has 0 N–H and O–H groups in total. The van der Waals surface area contributed by atoms with Gasteiger partial charge in [0.15, 0.2) is 0 Å². The fraction of sp³-hybridized carbons (Fsp3) is 0.0566. The first kappa shape index (κ1) is 31.3. The molecule has 1 aliphatic rings. The number of thiophene rings is 1. The zero-order valence-corrected chi connectivity index (χ0v) is 31.7. The lowest BCUT2D eigenvalue weighted by molar-refractivity contribution is 0.689. The van der Waals surface area contributed by atoms with E-state index in [9.17, 15) is 0 Å². The predicted octanol–water partition coefficient (Wildman–Crippen LogP) is 14.2. The van der Waals surface area contributed by atoms with E-state index in [-0.39, 0.29) is 5.92 Å². The molecule has 0 aliphatic heterocycles. The van der Waals surface area contributed by atoms with E-state index >= 15 is 0 Å². The highest BCUT2D eigenvalue weighted by Crippen LogP contribution is 2.52. The van der Waals surface area contributed by atoms with Crippen molar-refractivity contribution in [2.45, 2.75) is 18.8 Å². The molecule has 4 aromatic heterocycles. The normalized spacial score (nSPS) is 14.4. The van der Waals surface area contributed by atoms with E-state index in [1.807, 2.05) is 0 Å². The molecule has 1 atom stereocenters. The molecule has 13 rings (SSSR count). The van der Waals surface area contributed by atoms with Crippen molar-refractivity contribution in [2.24, 2.45) is 0 Å². The summed E-state index contributed by atoms with van der Waals surface area (Å²) in [6.07, 6.45) is 1.85. The Hall–Kier alpha value is -6.88. The highest BCUT2D eigenvalue weighted by Gasteiger charge is 2.33. The van der Waals surface area contributed by atoms with Crippen LogP contribution in [0.3, 0.4) is 0 Å². The summed E-state index contributed by atoms with van der Waals surface area (Å²) in [6.45, 7) is 0. The maximum absolute atomic E-state index is 5.71. The number of benzene rings is 8. The van der Waals surface area contributed by atoms with Gasteiger partial charge >= 0.3 is 0 Å². The number of aryl methyl sites for hydroxylation is 1. The van der Waals surface area contributed by atoms with Gasteiger partial charge < -0.3 is 4.40 Å². The van der Waals surface area contributed by atoms with Crippen molar-refractivity contribution in [1.82, 2.24) is 14.4 Å². The number of para-hydroxylation sites is 1. The van der Waals surface area contributed by atoms with Crippen LogP contribution in [0.15, 0.2) is 170 Å². The largest absolute Gasteiger partial charge is 0.308 e. The molecule has 266 valence electrons. The third kappa shape index (κ3) is 4.47. The quantitative estimate of drug-likeness (QED) is 0.180. The molecule has 0 radical (unpaired) electrons. The van der Waals surface area contributed by atoms with Gasteiger partial charge in [-0.25, -0.2) is 9.97 Å². The van der Waals surface area contributed by atoms with Crippen LogP contribution in [0, 0.1) is 0 Å². The molecule has 4 heteroatoms. The fourth-order valence-corrected chi connectivity index (χ4v) is 11.1. The van der Waals surface area contributed by atoms with Gasteiger partial charge in [-0.1, -0.05) is 140 Å². The number of hydrogen-bond acceptors (Lipinski definition) is 3. The summed E-state index contributed by atoms with van der Waals surface area (Å²) < 4.78 is 4.91. The number of nitrogens with zero attached hydrogens (tertiary/aromatic N) is 3. The van der Waals surface area contributed by atoms with Crippen LogP contribution in [0.2, 0.25) is 0 Å². The predicted molar refractivity (Wildman–Crippen MR) is 240 cm³/mol. The summed E-state index contributed by atoms with van der Waals surface area (Å²) in [6, 6.07) is 62.4. The van der Waals surface area contributed by atoms with Crippen molar-refractivity contribution in [2.75, 3.05) is 0 Å². The van der Waals surface area contributed by atoms with Gasteiger partial charge in [-0.3, -0.25) is 0 Å². The van der Waals surface area contributed by atoms with E-state index < -0.39 is 0 Å². The maximum atomic E-state index is 5.71. The summed E-state index contributed by atoms with van der Waals surface area (Å²) in [7, 11) is 0. The molecule has 0 bridgehead atoms. The van der Waals surface area contributed by atoms with Crippen LogP contribution in [0.5, 0.6) is 0 Å². The molecule has 1 unspecified atom stereocenters. The van der Waals surface area contributed by atoms with Crippen LogP contribution >= 0.6 is 11.3 Å². The third-order valence-corrected chi connectivity index (χ3v) is 13.7. The van der Waals surface area contributed by atoms with Gasteiger partial charge in [0.1, 0.15) is 5.82 Å². The summed E-state index contributed by atoms with van der Waals surface area (Å²) >= 11 is 1.80. The average Bonchev–Trinajstić information content (AvgIpc) is 3.88. The van der Waals surface area contributed by atoms with E-state index in [0.717, 1.165) is 40.1 Å². The van der Waals surface area contributed by atoms with Gasteiger partial charge in [-0.15, -0.1) is 11.3 Å². The molecule has 1 aliphatic carbocycles. The van der Waals surface area contributed by atoms with Gasteiger partial charge in [0.2, 0.25) is 0 Å². The number of hydrogen-bond donors (Lipinski definition) is 0. The standard InChI is InChI=1S/C53H33N3S/c1-2-12-31(13-3-1)32-22-24-34(25-23-32)49-52-50(39-19-9-11-21-46(39)57-52)55-53(54-49)40-27-26-33-14-6-7-17-37(33)41-30-42-38-18-8-10-20-44(38)56-45-29-36-16-5-4-15-35(36)28-43(45)48(47(40)41)51(42)56/h1-25,28-30,40H,26-27H2. The highest BCUT2D eigenvalue weighted by molar-refractivity contribution is 7.26. The van der Waals surface area contributed by atoms with Gasteiger partial charge in [-0.2, -0.15) is 0 Å². The Morgan fingerprint density at radius 2 is 1.23 bits per heavy atom. The molecule has 0 spiro atoms.